The number of rotatable bonds is 2. The number of halogens is 1. The fourth-order valence-electron chi connectivity index (χ4n) is 2.22. The van der Waals surface area contributed by atoms with Crippen LogP contribution < -0.4 is 5.32 Å². The maximum absolute atomic E-state index is 4.77. The second-order valence-corrected chi connectivity index (χ2v) is 7.18. The Morgan fingerprint density at radius 3 is 2.78 bits per heavy atom. The summed E-state index contributed by atoms with van der Waals surface area (Å²) in [6.45, 7) is 6.14. The van der Waals surface area contributed by atoms with Gasteiger partial charge in [-0.15, -0.1) is 11.3 Å². The lowest BCUT2D eigenvalue weighted by Gasteiger charge is -2.11. The largest absolute Gasteiger partial charge is 0.307 e. The SMILES string of the molecule is CC(C)c1nc(-c2ccc(Br)s2)nc2c1CNC2. The van der Waals surface area contributed by atoms with Crippen LogP contribution in [0, 0.1) is 0 Å². The van der Waals surface area contributed by atoms with Crippen LogP contribution in [0.5, 0.6) is 0 Å². The van der Waals surface area contributed by atoms with E-state index in [1.54, 1.807) is 11.3 Å². The van der Waals surface area contributed by atoms with Crippen LogP contribution in [0.4, 0.5) is 0 Å². The topological polar surface area (TPSA) is 37.8 Å². The molecule has 3 nitrogen and oxygen atoms in total. The summed E-state index contributed by atoms with van der Waals surface area (Å²) in [5.74, 6) is 1.29. The molecular weight excluding hydrogens is 310 g/mol. The molecule has 94 valence electrons. The molecule has 0 saturated heterocycles. The second-order valence-electron chi connectivity index (χ2n) is 4.72. The monoisotopic (exact) mass is 323 g/mol. The first-order valence-corrected chi connectivity index (χ1v) is 7.62. The molecule has 0 aromatic carbocycles. The summed E-state index contributed by atoms with van der Waals surface area (Å²) in [4.78, 5) is 10.6. The molecule has 1 aliphatic rings. The molecule has 5 heteroatoms. The van der Waals surface area contributed by atoms with Gasteiger partial charge in [-0.1, -0.05) is 13.8 Å². The minimum atomic E-state index is 0.434. The third-order valence-corrected chi connectivity index (χ3v) is 4.68. The van der Waals surface area contributed by atoms with Crippen molar-refractivity contribution in [2.24, 2.45) is 0 Å². The van der Waals surface area contributed by atoms with Gasteiger partial charge >= 0.3 is 0 Å². The summed E-state index contributed by atoms with van der Waals surface area (Å²) in [7, 11) is 0. The molecule has 0 amide bonds. The summed E-state index contributed by atoms with van der Waals surface area (Å²) >= 11 is 5.17. The van der Waals surface area contributed by atoms with Crippen molar-refractivity contribution in [2.75, 3.05) is 0 Å². The number of thiophene rings is 1. The third-order valence-electron chi connectivity index (χ3n) is 3.06. The van der Waals surface area contributed by atoms with Crippen molar-refractivity contribution in [3.05, 3.63) is 32.9 Å². The van der Waals surface area contributed by atoms with Gasteiger partial charge in [0.2, 0.25) is 0 Å². The highest BCUT2D eigenvalue weighted by molar-refractivity contribution is 9.11. The minimum Gasteiger partial charge on any atom is -0.307 e. The van der Waals surface area contributed by atoms with E-state index in [1.807, 2.05) is 6.07 Å². The highest BCUT2D eigenvalue weighted by Crippen LogP contribution is 2.32. The van der Waals surface area contributed by atoms with Gasteiger partial charge in [0.25, 0.3) is 0 Å². The molecule has 0 unspecified atom stereocenters. The van der Waals surface area contributed by atoms with Crippen molar-refractivity contribution in [1.29, 1.82) is 0 Å². The Labute approximate surface area is 119 Å². The Morgan fingerprint density at radius 1 is 1.28 bits per heavy atom. The van der Waals surface area contributed by atoms with E-state index in [0.717, 1.165) is 33.3 Å². The van der Waals surface area contributed by atoms with Crippen molar-refractivity contribution >= 4 is 27.3 Å². The molecule has 0 fully saturated rings. The lowest BCUT2D eigenvalue weighted by molar-refractivity contribution is 0.746. The van der Waals surface area contributed by atoms with Crippen molar-refractivity contribution in [2.45, 2.75) is 32.9 Å². The zero-order valence-corrected chi connectivity index (χ0v) is 12.7. The summed E-state index contributed by atoms with van der Waals surface area (Å²) in [5.41, 5.74) is 3.64. The van der Waals surface area contributed by atoms with Crippen LogP contribution in [0.1, 0.15) is 36.7 Å². The maximum Gasteiger partial charge on any atom is 0.170 e. The van der Waals surface area contributed by atoms with Crippen LogP contribution in [-0.2, 0) is 13.1 Å². The van der Waals surface area contributed by atoms with Gasteiger partial charge in [0.15, 0.2) is 5.82 Å². The Hall–Kier alpha value is -0.780. The van der Waals surface area contributed by atoms with Crippen molar-refractivity contribution in [3.63, 3.8) is 0 Å². The molecule has 0 saturated carbocycles. The molecule has 1 aliphatic heterocycles. The highest BCUT2D eigenvalue weighted by Gasteiger charge is 2.21. The molecule has 0 aliphatic carbocycles. The molecule has 3 rings (SSSR count). The number of fused-ring (bicyclic) bond motifs is 1. The standard InChI is InChI=1S/C13H14BrN3S/c1-7(2)12-8-5-15-6-9(8)16-13(17-12)10-3-4-11(14)18-10/h3-4,7,15H,5-6H2,1-2H3. The molecule has 1 N–H and O–H groups in total. The van der Waals surface area contributed by atoms with Gasteiger partial charge in [-0.25, -0.2) is 9.97 Å². The van der Waals surface area contributed by atoms with Crippen molar-refractivity contribution in [1.82, 2.24) is 15.3 Å². The van der Waals surface area contributed by atoms with Gasteiger partial charge in [0, 0.05) is 18.7 Å². The second kappa shape index (κ2) is 4.72. The number of aromatic nitrogens is 2. The van der Waals surface area contributed by atoms with Crippen molar-refractivity contribution < 1.29 is 0 Å². The number of hydrogen-bond acceptors (Lipinski definition) is 4. The van der Waals surface area contributed by atoms with Crippen molar-refractivity contribution in [3.8, 4) is 10.7 Å². The first-order valence-electron chi connectivity index (χ1n) is 6.01. The first kappa shape index (κ1) is 12.3. The van der Waals surface area contributed by atoms with E-state index >= 15 is 0 Å². The number of hydrogen-bond donors (Lipinski definition) is 1. The Bertz CT molecular complexity index is 592. The molecule has 2 aromatic rings. The molecule has 18 heavy (non-hydrogen) atoms. The summed E-state index contributed by atoms with van der Waals surface area (Å²) in [6.07, 6.45) is 0. The van der Waals surface area contributed by atoms with E-state index in [1.165, 1.54) is 11.3 Å². The highest BCUT2D eigenvalue weighted by atomic mass is 79.9. The average Bonchev–Trinajstić information content (AvgIpc) is 2.95. The molecule has 0 bridgehead atoms. The van der Waals surface area contributed by atoms with Gasteiger partial charge in [0.1, 0.15) is 0 Å². The van der Waals surface area contributed by atoms with Gasteiger partial charge in [0.05, 0.1) is 20.1 Å². The molecule has 0 atom stereocenters. The Morgan fingerprint density at radius 2 is 2.11 bits per heavy atom. The summed E-state index contributed by atoms with van der Waals surface area (Å²) < 4.78 is 1.12. The Kier molecular flexibility index (Phi) is 3.21. The lowest BCUT2D eigenvalue weighted by Crippen LogP contribution is -2.04. The normalized spacial score (nSPS) is 14.2. The fourth-order valence-corrected chi connectivity index (χ4v) is 3.54. The quantitative estimate of drug-likeness (QED) is 0.915. The molecule has 2 aromatic heterocycles. The average molecular weight is 324 g/mol. The van der Waals surface area contributed by atoms with Gasteiger partial charge in [-0.05, 0) is 34.0 Å². The lowest BCUT2D eigenvalue weighted by atomic mass is 10.0. The predicted octanol–water partition coefficient (Wildman–Crippen LogP) is 3.69. The van der Waals surface area contributed by atoms with Crippen LogP contribution in [0.3, 0.4) is 0 Å². The van der Waals surface area contributed by atoms with E-state index in [9.17, 15) is 0 Å². The first-order chi connectivity index (χ1) is 8.65. The zero-order valence-electron chi connectivity index (χ0n) is 10.3. The predicted molar refractivity (Wildman–Crippen MR) is 77.7 cm³/mol. The summed E-state index contributed by atoms with van der Waals surface area (Å²) in [5, 5.41) is 3.36. The van der Waals surface area contributed by atoms with E-state index in [-0.39, 0.29) is 0 Å². The van der Waals surface area contributed by atoms with Gasteiger partial charge in [-0.3, -0.25) is 0 Å². The van der Waals surface area contributed by atoms with Crippen LogP contribution in [-0.4, -0.2) is 9.97 Å². The summed E-state index contributed by atoms with van der Waals surface area (Å²) in [6, 6.07) is 4.12. The van der Waals surface area contributed by atoms with Crippen LogP contribution >= 0.6 is 27.3 Å². The minimum absolute atomic E-state index is 0.434. The van der Waals surface area contributed by atoms with Crippen LogP contribution in [0.2, 0.25) is 0 Å². The van der Waals surface area contributed by atoms with Crippen LogP contribution in [0.15, 0.2) is 15.9 Å². The van der Waals surface area contributed by atoms with E-state index in [0.29, 0.717) is 5.92 Å². The Balaban J connectivity index is 2.14. The molecule has 0 radical (unpaired) electrons. The fraction of sp³-hybridized carbons (Fsp3) is 0.385. The number of nitrogens with one attached hydrogen (secondary N) is 1. The molecule has 0 spiro atoms. The smallest absolute Gasteiger partial charge is 0.170 e. The maximum atomic E-state index is 4.77. The third kappa shape index (κ3) is 2.11. The molecular formula is C13H14BrN3S. The van der Waals surface area contributed by atoms with Gasteiger partial charge < -0.3 is 5.32 Å². The zero-order chi connectivity index (χ0) is 12.7. The van der Waals surface area contributed by atoms with Gasteiger partial charge in [-0.2, -0.15) is 0 Å². The van der Waals surface area contributed by atoms with E-state index in [4.69, 9.17) is 9.97 Å². The van der Waals surface area contributed by atoms with Crippen LogP contribution in [0.25, 0.3) is 10.7 Å². The van der Waals surface area contributed by atoms with E-state index < -0.39 is 0 Å². The van der Waals surface area contributed by atoms with E-state index in [2.05, 4.69) is 41.2 Å². The molecule has 3 heterocycles. The number of nitrogens with zero attached hydrogens (tertiary/aromatic N) is 2.